The van der Waals surface area contributed by atoms with Gasteiger partial charge in [0.05, 0.1) is 18.2 Å². The minimum atomic E-state index is -0.787. The van der Waals surface area contributed by atoms with Crippen molar-refractivity contribution in [3.63, 3.8) is 0 Å². The van der Waals surface area contributed by atoms with Crippen molar-refractivity contribution in [2.45, 2.75) is 26.4 Å². The number of aryl methyl sites for hydroxylation is 1. The lowest BCUT2D eigenvalue weighted by Crippen LogP contribution is -2.29. The second-order valence-corrected chi connectivity index (χ2v) is 8.37. The van der Waals surface area contributed by atoms with E-state index in [-0.39, 0.29) is 17.9 Å². The van der Waals surface area contributed by atoms with Crippen molar-refractivity contribution in [1.29, 1.82) is 0 Å². The molecule has 1 atom stereocenters. The Hall–Kier alpha value is -4.39. The molecule has 1 aliphatic heterocycles. The van der Waals surface area contributed by atoms with E-state index in [1.807, 2.05) is 19.9 Å². The summed E-state index contributed by atoms with van der Waals surface area (Å²) >= 11 is 0. The molecule has 0 aliphatic carbocycles. The van der Waals surface area contributed by atoms with Gasteiger partial charge in [0.1, 0.15) is 23.9 Å². The summed E-state index contributed by atoms with van der Waals surface area (Å²) in [5.41, 5.74) is 2.73. The van der Waals surface area contributed by atoms with E-state index < -0.39 is 17.7 Å². The van der Waals surface area contributed by atoms with Gasteiger partial charge >= 0.3 is 0 Å². The standard InChI is InChI=1S/C29H28N2O5/c1-4-15-36-23-11-8-21(9-12-23)26-25(27(32)22-10-13-24(35-5-2)19(3)16-22)28(33)29(34)31(26)18-20-7-6-14-30-17-20/h4,6-14,16-17,26,32H,1,5,15,18H2,2-3H3/b27-25-. The van der Waals surface area contributed by atoms with Gasteiger partial charge in [-0.1, -0.05) is 30.9 Å². The summed E-state index contributed by atoms with van der Waals surface area (Å²) in [5.74, 6) is -0.326. The number of amides is 1. The maximum absolute atomic E-state index is 13.3. The average molecular weight is 485 g/mol. The summed E-state index contributed by atoms with van der Waals surface area (Å²) in [6, 6.07) is 15.1. The molecule has 1 unspecified atom stereocenters. The van der Waals surface area contributed by atoms with Crippen LogP contribution in [0.2, 0.25) is 0 Å². The van der Waals surface area contributed by atoms with Crippen molar-refractivity contribution in [3.05, 3.63) is 107 Å². The number of likely N-dealkylation sites (tertiary alicyclic amines) is 1. The van der Waals surface area contributed by atoms with Gasteiger partial charge in [-0.3, -0.25) is 14.6 Å². The van der Waals surface area contributed by atoms with Crippen LogP contribution in [0.5, 0.6) is 11.5 Å². The van der Waals surface area contributed by atoms with Gasteiger partial charge in [0, 0.05) is 24.5 Å². The van der Waals surface area contributed by atoms with Crippen LogP contribution in [-0.2, 0) is 16.1 Å². The topological polar surface area (TPSA) is 89.0 Å². The van der Waals surface area contributed by atoms with Gasteiger partial charge in [-0.15, -0.1) is 0 Å². The second kappa shape index (κ2) is 10.9. The Morgan fingerprint density at radius 2 is 1.92 bits per heavy atom. The van der Waals surface area contributed by atoms with Gasteiger partial charge < -0.3 is 19.5 Å². The van der Waals surface area contributed by atoms with Gasteiger partial charge in [0.2, 0.25) is 0 Å². The Balaban J connectivity index is 1.80. The maximum Gasteiger partial charge on any atom is 0.295 e. The quantitative estimate of drug-likeness (QED) is 0.200. The highest BCUT2D eigenvalue weighted by atomic mass is 16.5. The van der Waals surface area contributed by atoms with Crippen LogP contribution >= 0.6 is 0 Å². The van der Waals surface area contributed by atoms with E-state index >= 15 is 0 Å². The highest BCUT2D eigenvalue weighted by molar-refractivity contribution is 6.46. The zero-order valence-electron chi connectivity index (χ0n) is 20.3. The Kier molecular flexibility index (Phi) is 7.49. The number of carbonyl (C=O) groups excluding carboxylic acids is 2. The third kappa shape index (κ3) is 5.00. The van der Waals surface area contributed by atoms with Crippen molar-refractivity contribution >= 4 is 17.4 Å². The molecule has 0 radical (unpaired) electrons. The van der Waals surface area contributed by atoms with Gasteiger partial charge in [0.15, 0.2) is 0 Å². The van der Waals surface area contributed by atoms with Crippen LogP contribution in [0.25, 0.3) is 5.76 Å². The molecule has 1 saturated heterocycles. The van der Waals surface area contributed by atoms with E-state index in [1.165, 1.54) is 4.90 Å². The molecule has 1 N–H and O–H groups in total. The summed E-state index contributed by atoms with van der Waals surface area (Å²) in [6.45, 7) is 8.44. The number of ketones is 1. The Morgan fingerprint density at radius 3 is 2.56 bits per heavy atom. The lowest BCUT2D eigenvalue weighted by Gasteiger charge is -2.25. The molecule has 36 heavy (non-hydrogen) atoms. The number of aliphatic hydroxyl groups is 1. The molecule has 4 rings (SSSR count). The van der Waals surface area contributed by atoms with E-state index in [0.29, 0.717) is 35.8 Å². The number of carbonyl (C=O) groups is 2. The molecule has 0 saturated carbocycles. The summed E-state index contributed by atoms with van der Waals surface area (Å²) in [7, 11) is 0. The van der Waals surface area contributed by atoms with E-state index in [9.17, 15) is 14.7 Å². The predicted octanol–water partition coefficient (Wildman–Crippen LogP) is 4.98. The van der Waals surface area contributed by atoms with Crippen molar-refractivity contribution in [2.24, 2.45) is 0 Å². The van der Waals surface area contributed by atoms with Crippen LogP contribution < -0.4 is 9.47 Å². The number of aliphatic hydroxyl groups excluding tert-OH is 1. The molecule has 3 aromatic rings. The Morgan fingerprint density at radius 1 is 1.14 bits per heavy atom. The fourth-order valence-electron chi connectivity index (χ4n) is 4.25. The smallest absolute Gasteiger partial charge is 0.295 e. The van der Waals surface area contributed by atoms with E-state index in [4.69, 9.17) is 9.47 Å². The molecule has 1 aliphatic rings. The van der Waals surface area contributed by atoms with Gasteiger partial charge in [-0.25, -0.2) is 0 Å². The minimum absolute atomic E-state index is 0.0345. The number of rotatable bonds is 9. The largest absolute Gasteiger partial charge is 0.507 e. The van der Waals surface area contributed by atoms with Crippen LogP contribution in [0.3, 0.4) is 0 Å². The number of hydrogen-bond donors (Lipinski definition) is 1. The molecule has 1 aromatic heterocycles. The highest BCUT2D eigenvalue weighted by Crippen LogP contribution is 2.41. The van der Waals surface area contributed by atoms with Crippen LogP contribution in [0.4, 0.5) is 0 Å². The first-order chi connectivity index (χ1) is 17.4. The van der Waals surface area contributed by atoms with E-state index in [0.717, 1.165) is 11.1 Å². The van der Waals surface area contributed by atoms with Crippen LogP contribution in [-0.4, -0.2) is 39.9 Å². The zero-order valence-corrected chi connectivity index (χ0v) is 20.3. The molecule has 1 amide bonds. The number of nitrogens with zero attached hydrogens (tertiary/aromatic N) is 2. The molecular formula is C29H28N2O5. The number of ether oxygens (including phenoxy) is 2. The molecular weight excluding hydrogens is 456 g/mol. The third-order valence-electron chi connectivity index (χ3n) is 5.93. The maximum atomic E-state index is 13.3. The summed E-state index contributed by atoms with van der Waals surface area (Å²) in [6.07, 6.45) is 4.94. The summed E-state index contributed by atoms with van der Waals surface area (Å²) in [4.78, 5) is 32.1. The molecule has 0 spiro atoms. The van der Waals surface area contributed by atoms with E-state index in [1.54, 1.807) is 67.0 Å². The summed E-state index contributed by atoms with van der Waals surface area (Å²) < 4.78 is 11.2. The fourth-order valence-corrected chi connectivity index (χ4v) is 4.25. The van der Waals surface area contributed by atoms with Gasteiger partial charge in [-0.05, 0) is 66.9 Å². The molecule has 2 aromatic carbocycles. The SMILES string of the molecule is C=CCOc1ccc(C2/C(=C(/O)c3ccc(OCC)c(C)c3)C(=O)C(=O)N2Cc2cccnc2)cc1. The van der Waals surface area contributed by atoms with Crippen molar-refractivity contribution in [3.8, 4) is 11.5 Å². The normalized spacial score (nSPS) is 16.7. The molecule has 7 nitrogen and oxygen atoms in total. The first-order valence-corrected chi connectivity index (χ1v) is 11.7. The molecule has 184 valence electrons. The van der Waals surface area contributed by atoms with Crippen LogP contribution in [0, 0.1) is 6.92 Å². The van der Waals surface area contributed by atoms with Crippen LogP contribution in [0.15, 0.2) is 85.2 Å². The minimum Gasteiger partial charge on any atom is -0.507 e. The van der Waals surface area contributed by atoms with Gasteiger partial charge in [-0.2, -0.15) is 0 Å². The highest BCUT2D eigenvalue weighted by Gasteiger charge is 2.46. The summed E-state index contributed by atoms with van der Waals surface area (Å²) in [5, 5.41) is 11.3. The fraction of sp³-hybridized carbons (Fsp3) is 0.207. The monoisotopic (exact) mass is 484 g/mol. The second-order valence-electron chi connectivity index (χ2n) is 8.37. The van der Waals surface area contributed by atoms with Gasteiger partial charge in [0.25, 0.3) is 11.7 Å². The van der Waals surface area contributed by atoms with Crippen molar-refractivity contribution in [1.82, 2.24) is 9.88 Å². The van der Waals surface area contributed by atoms with Crippen LogP contribution in [0.1, 0.15) is 35.2 Å². The Bertz CT molecular complexity index is 1300. The number of aromatic nitrogens is 1. The lowest BCUT2D eigenvalue weighted by atomic mass is 9.94. The number of Topliss-reactive ketones (excluding diaryl/α,β-unsaturated/α-hetero) is 1. The number of pyridine rings is 1. The Labute approximate surface area is 210 Å². The van der Waals surface area contributed by atoms with E-state index in [2.05, 4.69) is 11.6 Å². The molecule has 7 heteroatoms. The zero-order chi connectivity index (χ0) is 25.7. The average Bonchev–Trinajstić information content (AvgIpc) is 3.14. The van der Waals surface area contributed by atoms with Crippen molar-refractivity contribution < 1.29 is 24.2 Å². The molecule has 2 heterocycles. The van der Waals surface area contributed by atoms with Crippen molar-refractivity contribution in [2.75, 3.05) is 13.2 Å². The third-order valence-corrected chi connectivity index (χ3v) is 5.93. The molecule has 0 bridgehead atoms. The first kappa shape index (κ1) is 24.7. The first-order valence-electron chi connectivity index (χ1n) is 11.7. The molecule has 1 fully saturated rings. The predicted molar refractivity (Wildman–Crippen MR) is 137 cm³/mol. The number of hydrogen-bond acceptors (Lipinski definition) is 6. The lowest BCUT2D eigenvalue weighted by molar-refractivity contribution is -0.140. The number of benzene rings is 2.